The Bertz CT molecular complexity index is 617. The molecule has 0 amide bonds. The molecule has 0 aromatic heterocycles. The molecule has 2 rings (SSSR count). The summed E-state index contributed by atoms with van der Waals surface area (Å²) in [5.74, 6) is -0.727. The molecular weight excluding hydrogens is 270 g/mol. The lowest BCUT2D eigenvalue weighted by molar-refractivity contribution is -0.141. The second kappa shape index (κ2) is 5.96. The van der Waals surface area contributed by atoms with E-state index in [2.05, 4.69) is 9.58 Å². The Kier molecular flexibility index (Phi) is 4.27. The van der Waals surface area contributed by atoms with Crippen molar-refractivity contribution in [2.24, 2.45) is 0 Å². The lowest BCUT2D eigenvalue weighted by Crippen LogP contribution is -2.35. The largest absolute Gasteiger partial charge is 0.469 e. The normalized spacial score (nSPS) is 20.0. The third kappa shape index (κ3) is 3.05. The van der Waals surface area contributed by atoms with Gasteiger partial charge in [-0.15, -0.1) is 0 Å². The highest BCUT2D eigenvalue weighted by Gasteiger charge is 2.43. The maximum atomic E-state index is 11.5. The van der Waals surface area contributed by atoms with Crippen molar-refractivity contribution in [2.45, 2.75) is 31.2 Å². The topological polar surface area (TPSA) is 57.0 Å². The van der Waals surface area contributed by atoms with Crippen molar-refractivity contribution in [3.8, 4) is 0 Å². The fourth-order valence-electron chi connectivity index (χ4n) is 2.71. The quantitative estimate of drug-likeness (QED) is 0.631. The van der Waals surface area contributed by atoms with Gasteiger partial charge in [-0.1, -0.05) is 6.07 Å². The van der Waals surface area contributed by atoms with Crippen LogP contribution in [0.15, 0.2) is 18.2 Å². The number of hydrogen-bond acceptors (Lipinski definition) is 4. The highest BCUT2D eigenvalue weighted by atomic mass is 16.5. The van der Waals surface area contributed by atoms with Gasteiger partial charge in [0.2, 0.25) is 5.54 Å². The van der Waals surface area contributed by atoms with Crippen LogP contribution in [0.25, 0.3) is 4.85 Å². The molecule has 1 aromatic carbocycles. The molecule has 0 aliphatic heterocycles. The molecule has 21 heavy (non-hydrogen) atoms. The monoisotopic (exact) mass is 287 g/mol. The van der Waals surface area contributed by atoms with Gasteiger partial charge >= 0.3 is 11.9 Å². The van der Waals surface area contributed by atoms with E-state index >= 15 is 0 Å². The first kappa shape index (κ1) is 15.0. The van der Waals surface area contributed by atoms with Crippen LogP contribution in [0.5, 0.6) is 0 Å². The summed E-state index contributed by atoms with van der Waals surface area (Å²) < 4.78 is 9.40. The van der Waals surface area contributed by atoms with Crippen LogP contribution in [0, 0.1) is 6.57 Å². The van der Waals surface area contributed by atoms with Gasteiger partial charge in [-0.2, -0.15) is 0 Å². The van der Waals surface area contributed by atoms with Crippen LogP contribution in [0.4, 0.5) is 0 Å². The summed E-state index contributed by atoms with van der Waals surface area (Å²) in [6, 6.07) is 5.36. The number of ether oxygens (including phenoxy) is 2. The Balaban J connectivity index is 2.26. The van der Waals surface area contributed by atoms with E-state index in [-0.39, 0.29) is 18.4 Å². The van der Waals surface area contributed by atoms with Gasteiger partial charge in [0, 0.05) is 6.42 Å². The molecule has 1 aliphatic carbocycles. The Morgan fingerprint density at radius 3 is 2.67 bits per heavy atom. The zero-order valence-corrected chi connectivity index (χ0v) is 12.1. The van der Waals surface area contributed by atoms with Crippen molar-refractivity contribution in [3.63, 3.8) is 0 Å². The van der Waals surface area contributed by atoms with Crippen molar-refractivity contribution in [1.29, 1.82) is 0 Å². The van der Waals surface area contributed by atoms with Crippen molar-refractivity contribution in [3.05, 3.63) is 46.3 Å². The maximum Gasteiger partial charge on any atom is 0.337 e. The average molecular weight is 287 g/mol. The highest BCUT2D eigenvalue weighted by Crippen LogP contribution is 2.35. The molecule has 5 heteroatoms. The number of carbonyl (C=O) groups excluding carboxylic acids is 2. The molecule has 110 valence electrons. The molecule has 0 spiro atoms. The van der Waals surface area contributed by atoms with Gasteiger partial charge in [-0.3, -0.25) is 4.79 Å². The second-order valence-electron chi connectivity index (χ2n) is 5.24. The first-order valence-electron chi connectivity index (χ1n) is 6.69. The molecule has 1 aromatic rings. The van der Waals surface area contributed by atoms with Gasteiger partial charge in [0.25, 0.3) is 0 Å². The minimum atomic E-state index is -0.729. The molecular formula is C16H17NO4. The van der Waals surface area contributed by atoms with Crippen LogP contribution < -0.4 is 0 Å². The van der Waals surface area contributed by atoms with Crippen LogP contribution in [0.3, 0.4) is 0 Å². The summed E-state index contributed by atoms with van der Waals surface area (Å²) in [5, 5.41) is 0. The maximum absolute atomic E-state index is 11.5. The first-order chi connectivity index (χ1) is 10.0. The van der Waals surface area contributed by atoms with E-state index in [1.165, 1.54) is 14.2 Å². The molecule has 0 bridgehead atoms. The Hall–Kier alpha value is -2.35. The SMILES string of the molecule is [C-]#[N+]C1(CC(=O)OC)CCc2cc(C(=O)OC)ccc2C1. The van der Waals surface area contributed by atoms with Gasteiger partial charge in [0.1, 0.15) is 6.42 Å². The fraction of sp³-hybridized carbons (Fsp3) is 0.438. The second-order valence-corrected chi connectivity index (χ2v) is 5.24. The summed E-state index contributed by atoms with van der Waals surface area (Å²) in [6.45, 7) is 7.44. The number of carbonyl (C=O) groups is 2. The number of nitrogens with zero attached hydrogens (tertiary/aromatic N) is 1. The number of fused-ring (bicyclic) bond motifs is 1. The van der Waals surface area contributed by atoms with Crippen molar-refractivity contribution < 1.29 is 19.1 Å². The molecule has 0 saturated carbocycles. The van der Waals surface area contributed by atoms with Crippen LogP contribution in [-0.4, -0.2) is 31.7 Å². The third-order valence-electron chi connectivity index (χ3n) is 3.94. The highest BCUT2D eigenvalue weighted by molar-refractivity contribution is 5.89. The van der Waals surface area contributed by atoms with E-state index in [0.29, 0.717) is 24.8 Å². The Labute approximate surface area is 123 Å². The minimum absolute atomic E-state index is 0.102. The molecule has 1 unspecified atom stereocenters. The van der Waals surface area contributed by atoms with Crippen molar-refractivity contribution >= 4 is 11.9 Å². The van der Waals surface area contributed by atoms with Crippen molar-refractivity contribution in [1.82, 2.24) is 0 Å². The number of esters is 2. The molecule has 5 nitrogen and oxygen atoms in total. The lowest BCUT2D eigenvalue weighted by atomic mass is 9.76. The third-order valence-corrected chi connectivity index (χ3v) is 3.94. The van der Waals surface area contributed by atoms with Crippen LogP contribution >= 0.6 is 0 Å². The first-order valence-corrected chi connectivity index (χ1v) is 6.69. The van der Waals surface area contributed by atoms with Crippen LogP contribution in [0.2, 0.25) is 0 Å². The van der Waals surface area contributed by atoms with Gasteiger partial charge in [0.05, 0.1) is 26.2 Å². The zero-order valence-electron chi connectivity index (χ0n) is 12.1. The van der Waals surface area contributed by atoms with E-state index in [9.17, 15) is 9.59 Å². The molecule has 0 fully saturated rings. The number of benzene rings is 1. The fourth-order valence-corrected chi connectivity index (χ4v) is 2.71. The number of hydrogen-bond donors (Lipinski definition) is 0. The summed E-state index contributed by atoms with van der Waals surface area (Å²) in [6.07, 6.45) is 1.86. The lowest BCUT2D eigenvalue weighted by Gasteiger charge is -2.27. The Morgan fingerprint density at radius 2 is 2.05 bits per heavy atom. The average Bonchev–Trinajstić information content (AvgIpc) is 2.53. The van der Waals surface area contributed by atoms with E-state index in [1.54, 1.807) is 6.07 Å². The van der Waals surface area contributed by atoms with E-state index in [1.807, 2.05) is 12.1 Å². The summed E-state index contributed by atoms with van der Waals surface area (Å²) in [7, 11) is 2.68. The van der Waals surface area contributed by atoms with Gasteiger partial charge in [0.15, 0.2) is 0 Å². The van der Waals surface area contributed by atoms with Crippen molar-refractivity contribution in [2.75, 3.05) is 14.2 Å². The summed E-state index contributed by atoms with van der Waals surface area (Å²) in [4.78, 5) is 26.7. The molecule has 0 saturated heterocycles. The number of methoxy groups -OCH3 is 2. The predicted molar refractivity (Wildman–Crippen MR) is 75.8 cm³/mol. The number of aryl methyl sites for hydroxylation is 1. The standard InChI is InChI=1S/C16H17NO4/c1-17-16(10-14(18)20-2)7-6-11-8-12(15(19)21-3)4-5-13(11)9-16/h4-5,8H,6-7,9-10H2,2-3H3. The molecule has 0 N–H and O–H groups in total. The summed E-state index contributed by atoms with van der Waals surface area (Å²) >= 11 is 0. The van der Waals surface area contributed by atoms with E-state index in [0.717, 1.165) is 11.1 Å². The molecule has 1 atom stereocenters. The van der Waals surface area contributed by atoms with Gasteiger partial charge < -0.3 is 14.3 Å². The van der Waals surface area contributed by atoms with Gasteiger partial charge in [-0.05, 0) is 29.7 Å². The van der Waals surface area contributed by atoms with E-state index in [4.69, 9.17) is 11.3 Å². The molecule has 1 aliphatic rings. The summed E-state index contributed by atoms with van der Waals surface area (Å²) in [5.41, 5.74) is 1.84. The predicted octanol–water partition coefficient (Wildman–Crippen LogP) is 2.18. The van der Waals surface area contributed by atoms with Gasteiger partial charge in [-0.25, -0.2) is 11.4 Å². The zero-order chi connectivity index (χ0) is 15.5. The van der Waals surface area contributed by atoms with E-state index < -0.39 is 5.54 Å². The van der Waals surface area contributed by atoms with Crippen LogP contribution in [-0.2, 0) is 27.1 Å². The smallest absolute Gasteiger partial charge is 0.337 e. The minimum Gasteiger partial charge on any atom is -0.469 e. The Morgan fingerprint density at radius 1 is 1.29 bits per heavy atom. The number of rotatable bonds is 3. The molecule has 0 heterocycles. The molecule has 0 radical (unpaired) electrons. The van der Waals surface area contributed by atoms with Crippen LogP contribution in [0.1, 0.15) is 34.3 Å².